The van der Waals surface area contributed by atoms with Crippen molar-refractivity contribution in [2.45, 2.75) is 31.6 Å². The molecule has 3 heterocycles. The van der Waals surface area contributed by atoms with Crippen LogP contribution in [0.15, 0.2) is 36.7 Å². The molecule has 1 aromatic heterocycles. The van der Waals surface area contributed by atoms with Crippen LogP contribution in [0.2, 0.25) is 0 Å². The fourth-order valence-corrected chi connectivity index (χ4v) is 3.52. The Kier molecular flexibility index (Phi) is 4.50. The molecule has 2 aliphatic rings. The summed E-state index contributed by atoms with van der Waals surface area (Å²) in [5, 5.41) is 0. The third-order valence-electron chi connectivity index (χ3n) is 4.77. The van der Waals surface area contributed by atoms with Crippen molar-refractivity contribution in [3.05, 3.63) is 42.2 Å². The van der Waals surface area contributed by atoms with E-state index in [0.29, 0.717) is 11.9 Å². The van der Waals surface area contributed by atoms with Crippen molar-refractivity contribution in [1.29, 1.82) is 0 Å². The standard InChI is InChI=1S/C18H24N6O/c1-13-9-24(11-16(25-13)14-5-3-2-4-6-14)18-21-12-20-17(22-18)23-8-7-15(19)10-23/h2-6,12-13,15-16H,7-11,19H2,1H3/t13-,15?,16-/m1/s1. The molecule has 132 valence electrons. The molecule has 2 N–H and O–H groups in total. The van der Waals surface area contributed by atoms with Gasteiger partial charge in [0.2, 0.25) is 11.9 Å². The molecule has 4 rings (SSSR count). The lowest BCUT2D eigenvalue weighted by atomic mass is 10.1. The molecule has 7 nitrogen and oxygen atoms in total. The summed E-state index contributed by atoms with van der Waals surface area (Å²) in [6.07, 6.45) is 2.70. The first kappa shape index (κ1) is 16.2. The van der Waals surface area contributed by atoms with Crippen molar-refractivity contribution >= 4 is 11.9 Å². The maximum atomic E-state index is 6.13. The minimum atomic E-state index is 0.0189. The Morgan fingerprint density at radius 2 is 1.80 bits per heavy atom. The van der Waals surface area contributed by atoms with E-state index in [4.69, 9.17) is 15.5 Å². The first-order valence-electron chi connectivity index (χ1n) is 8.84. The van der Waals surface area contributed by atoms with Crippen LogP contribution < -0.4 is 15.5 Å². The second kappa shape index (κ2) is 6.93. The van der Waals surface area contributed by atoms with Gasteiger partial charge in [-0.3, -0.25) is 0 Å². The van der Waals surface area contributed by atoms with E-state index in [0.717, 1.165) is 32.6 Å². The van der Waals surface area contributed by atoms with Crippen LogP contribution in [0.1, 0.15) is 25.0 Å². The topological polar surface area (TPSA) is 80.4 Å². The van der Waals surface area contributed by atoms with Gasteiger partial charge in [0.1, 0.15) is 12.4 Å². The van der Waals surface area contributed by atoms with Crippen molar-refractivity contribution in [3.8, 4) is 0 Å². The number of anilines is 2. The predicted octanol–water partition coefficient (Wildman–Crippen LogP) is 1.38. The van der Waals surface area contributed by atoms with Crippen LogP contribution in [0.4, 0.5) is 11.9 Å². The molecule has 0 radical (unpaired) electrons. The maximum Gasteiger partial charge on any atom is 0.230 e. The van der Waals surface area contributed by atoms with Crippen molar-refractivity contribution in [2.75, 3.05) is 36.0 Å². The number of aromatic nitrogens is 3. The largest absolute Gasteiger partial charge is 0.367 e. The lowest BCUT2D eigenvalue weighted by Gasteiger charge is -2.37. The van der Waals surface area contributed by atoms with Gasteiger partial charge < -0.3 is 20.3 Å². The van der Waals surface area contributed by atoms with Gasteiger partial charge in [-0.05, 0) is 18.9 Å². The molecule has 1 unspecified atom stereocenters. The van der Waals surface area contributed by atoms with Gasteiger partial charge in [0.05, 0.1) is 12.6 Å². The summed E-state index contributed by atoms with van der Waals surface area (Å²) in [7, 11) is 0. The summed E-state index contributed by atoms with van der Waals surface area (Å²) in [6.45, 7) is 5.29. The van der Waals surface area contributed by atoms with Crippen molar-refractivity contribution in [3.63, 3.8) is 0 Å². The van der Waals surface area contributed by atoms with Gasteiger partial charge in [-0.25, -0.2) is 9.97 Å². The molecule has 2 aromatic rings. The van der Waals surface area contributed by atoms with Crippen molar-refractivity contribution in [1.82, 2.24) is 15.0 Å². The molecule has 0 bridgehead atoms. The summed E-state index contributed by atoms with van der Waals surface area (Å²) < 4.78 is 6.13. The van der Waals surface area contributed by atoms with Crippen LogP contribution in [-0.2, 0) is 4.74 Å². The number of morpholine rings is 1. The Balaban J connectivity index is 1.54. The highest BCUT2D eigenvalue weighted by atomic mass is 16.5. The van der Waals surface area contributed by atoms with E-state index in [9.17, 15) is 0 Å². The Labute approximate surface area is 147 Å². The molecular formula is C18H24N6O. The monoisotopic (exact) mass is 340 g/mol. The zero-order valence-electron chi connectivity index (χ0n) is 14.5. The molecule has 25 heavy (non-hydrogen) atoms. The minimum absolute atomic E-state index is 0.0189. The van der Waals surface area contributed by atoms with Crippen LogP contribution in [0, 0.1) is 0 Å². The smallest absolute Gasteiger partial charge is 0.230 e. The second-order valence-corrected chi connectivity index (χ2v) is 6.83. The lowest BCUT2D eigenvalue weighted by molar-refractivity contribution is -0.0178. The van der Waals surface area contributed by atoms with E-state index in [1.807, 2.05) is 18.2 Å². The highest BCUT2D eigenvalue weighted by Gasteiger charge is 2.29. The molecule has 1 aromatic carbocycles. The van der Waals surface area contributed by atoms with Gasteiger partial charge in [-0.15, -0.1) is 0 Å². The number of rotatable bonds is 3. The third kappa shape index (κ3) is 3.57. The Morgan fingerprint density at radius 1 is 1.04 bits per heavy atom. The molecule has 0 aliphatic carbocycles. The van der Waals surface area contributed by atoms with Gasteiger partial charge in [-0.2, -0.15) is 4.98 Å². The molecule has 7 heteroatoms. The van der Waals surface area contributed by atoms with E-state index in [2.05, 4.69) is 38.8 Å². The molecule has 3 atom stereocenters. The van der Waals surface area contributed by atoms with Crippen molar-refractivity contribution < 1.29 is 4.74 Å². The number of benzene rings is 1. The zero-order chi connectivity index (χ0) is 17.2. The summed E-state index contributed by atoms with van der Waals surface area (Å²) in [4.78, 5) is 17.8. The van der Waals surface area contributed by atoms with Crippen molar-refractivity contribution in [2.24, 2.45) is 5.73 Å². The molecule has 2 fully saturated rings. The van der Waals surface area contributed by atoms with Crippen LogP contribution in [0.5, 0.6) is 0 Å². The normalized spacial score (nSPS) is 26.9. The van der Waals surface area contributed by atoms with Gasteiger partial charge in [-0.1, -0.05) is 30.3 Å². The summed E-state index contributed by atoms with van der Waals surface area (Å²) in [5.41, 5.74) is 7.18. The Morgan fingerprint density at radius 3 is 2.52 bits per heavy atom. The summed E-state index contributed by atoms with van der Waals surface area (Å²) in [6, 6.07) is 10.5. The number of hydrogen-bond acceptors (Lipinski definition) is 7. The first-order chi connectivity index (χ1) is 12.2. The number of nitrogens with zero attached hydrogens (tertiary/aromatic N) is 5. The number of ether oxygens (including phenoxy) is 1. The molecule has 2 saturated heterocycles. The predicted molar refractivity (Wildman–Crippen MR) is 96.6 cm³/mol. The molecule has 2 aliphatic heterocycles. The van der Waals surface area contributed by atoms with E-state index in [-0.39, 0.29) is 18.2 Å². The SMILES string of the molecule is C[C@@H]1CN(c2ncnc(N3CCC(N)C3)n2)C[C@H](c2ccccc2)O1. The molecule has 0 amide bonds. The second-order valence-electron chi connectivity index (χ2n) is 6.83. The summed E-state index contributed by atoms with van der Waals surface area (Å²) >= 11 is 0. The van der Waals surface area contributed by atoms with Crippen LogP contribution in [0.3, 0.4) is 0 Å². The fraction of sp³-hybridized carbons (Fsp3) is 0.500. The van der Waals surface area contributed by atoms with E-state index in [1.54, 1.807) is 6.33 Å². The first-order valence-corrected chi connectivity index (χ1v) is 8.84. The number of hydrogen-bond donors (Lipinski definition) is 1. The van der Waals surface area contributed by atoms with E-state index >= 15 is 0 Å². The average Bonchev–Trinajstić information content (AvgIpc) is 3.08. The zero-order valence-corrected chi connectivity index (χ0v) is 14.5. The van der Waals surface area contributed by atoms with E-state index < -0.39 is 0 Å². The van der Waals surface area contributed by atoms with Gasteiger partial charge in [0.15, 0.2) is 0 Å². The minimum Gasteiger partial charge on any atom is -0.367 e. The molecular weight excluding hydrogens is 316 g/mol. The third-order valence-corrected chi connectivity index (χ3v) is 4.77. The molecule has 0 spiro atoms. The van der Waals surface area contributed by atoms with Crippen LogP contribution >= 0.6 is 0 Å². The van der Waals surface area contributed by atoms with Crippen LogP contribution in [-0.4, -0.2) is 53.3 Å². The van der Waals surface area contributed by atoms with E-state index in [1.165, 1.54) is 5.56 Å². The fourth-order valence-electron chi connectivity index (χ4n) is 3.52. The summed E-state index contributed by atoms with van der Waals surface area (Å²) in [5.74, 6) is 1.43. The average molecular weight is 340 g/mol. The van der Waals surface area contributed by atoms with Crippen LogP contribution in [0.25, 0.3) is 0 Å². The van der Waals surface area contributed by atoms with Gasteiger partial charge in [0.25, 0.3) is 0 Å². The Hall–Kier alpha value is -2.25. The maximum absolute atomic E-state index is 6.13. The highest BCUT2D eigenvalue weighted by molar-refractivity contribution is 5.40. The van der Waals surface area contributed by atoms with Gasteiger partial charge in [0, 0.05) is 25.7 Å². The lowest BCUT2D eigenvalue weighted by Crippen LogP contribution is -2.44. The quantitative estimate of drug-likeness (QED) is 0.904. The number of nitrogens with two attached hydrogens (primary N) is 1. The molecule has 0 saturated carbocycles. The Bertz CT molecular complexity index is 712. The van der Waals surface area contributed by atoms with Gasteiger partial charge >= 0.3 is 0 Å². The highest BCUT2D eigenvalue weighted by Crippen LogP contribution is 2.27.